The maximum absolute atomic E-state index is 11.8. The van der Waals surface area contributed by atoms with E-state index in [0.29, 0.717) is 0 Å². The summed E-state index contributed by atoms with van der Waals surface area (Å²) in [6.45, 7) is -0.0612. The molecule has 1 fully saturated rings. The first kappa shape index (κ1) is 13.2. The summed E-state index contributed by atoms with van der Waals surface area (Å²) in [5.74, 6) is 0.0546. The predicted molar refractivity (Wildman–Crippen MR) is 50.7 cm³/mol. The third-order valence-corrected chi connectivity index (χ3v) is 2.26. The van der Waals surface area contributed by atoms with Gasteiger partial charge in [0.1, 0.15) is 0 Å². The van der Waals surface area contributed by atoms with E-state index in [9.17, 15) is 18.0 Å². The fourth-order valence-corrected chi connectivity index (χ4v) is 1.12. The number of carbonyl (C=O) groups excluding carboxylic acids is 1. The standard InChI is InChI=1S/C9H15F3N2O2/c10-9(11,12)7(15)5-13-3-4-14-8(16)6-1-2-6/h6-7,13,15H,1-5H2,(H,14,16). The van der Waals surface area contributed by atoms with Crippen LogP contribution in [0.25, 0.3) is 0 Å². The number of rotatable bonds is 6. The van der Waals surface area contributed by atoms with Crippen LogP contribution in [0.15, 0.2) is 0 Å². The molecule has 0 aromatic heterocycles. The Morgan fingerprint density at radius 1 is 1.38 bits per heavy atom. The molecule has 1 aliphatic rings. The molecule has 1 atom stereocenters. The summed E-state index contributed by atoms with van der Waals surface area (Å²) in [4.78, 5) is 11.1. The lowest BCUT2D eigenvalue weighted by atomic mass is 10.3. The maximum Gasteiger partial charge on any atom is 0.415 e. The Morgan fingerprint density at radius 2 is 2.00 bits per heavy atom. The van der Waals surface area contributed by atoms with Crippen LogP contribution in [0.4, 0.5) is 13.2 Å². The van der Waals surface area contributed by atoms with Crippen LogP contribution in [-0.4, -0.2) is 42.9 Å². The van der Waals surface area contributed by atoms with E-state index in [0.717, 1.165) is 12.8 Å². The largest absolute Gasteiger partial charge is 0.415 e. The van der Waals surface area contributed by atoms with E-state index >= 15 is 0 Å². The topological polar surface area (TPSA) is 61.4 Å². The van der Waals surface area contributed by atoms with Crippen molar-refractivity contribution < 1.29 is 23.1 Å². The van der Waals surface area contributed by atoms with Gasteiger partial charge >= 0.3 is 6.18 Å². The van der Waals surface area contributed by atoms with E-state index in [1.54, 1.807) is 0 Å². The smallest absolute Gasteiger partial charge is 0.382 e. The highest BCUT2D eigenvalue weighted by Crippen LogP contribution is 2.28. The molecule has 1 saturated carbocycles. The van der Waals surface area contributed by atoms with E-state index in [1.807, 2.05) is 0 Å². The summed E-state index contributed by atoms with van der Waals surface area (Å²) >= 11 is 0. The molecule has 16 heavy (non-hydrogen) atoms. The Kier molecular flexibility index (Phi) is 4.55. The molecular formula is C9H15F3N2O2. The number of carbonyl (C=O) groups is 1. The Morgan fingerprint density at radius 3 is 2.50 bits per heavy atom. The molecule has 1 unspecified atom stereocenters. The predicted octanol–water partition coefficient (Wildman–Crippen LogP) is 0.0254. The fourth-order valence-electron chi connectivity index (χ4n) is 1.12. The molecule has 7 heteroatoms. The summed E-state index contributed by atoms with van der Waals surface area (Å²) < 4.78 is 35.5. The molecule has 0 aromatic rings. The fraction of sp³-hybridized carbons (Fsp3) is 0.889. The van der Waals surface area contributed by atoms with Crippen LogP contribution in [0.1, 0.15) is 12.8 Å². The molecule has 0 bridgehead atoms. The second-order valence-electron chi connectivity index (χ2n) is 3.83. The highest BCUT2D eigenvalue weighted by molar-refractivity contribution is 5.80. The van der Waals surface area contributed by atoms with Gasteiger partial charge in [-0.15, -0.1) is 0 Å². The maximum atomic E-state index is 11.8. The zero-order chi connectivity index (χ0) is 12.2. The number of aliphatic hydroxyl groups excluding tert-OH is 1. The zero-order valence-electron chi connectivity index (χ0n) is 8.68. The van der Waals surface area contributed by atoms with E-state index in [2.05, 4.69) is 10.6 Å². The van der Waals surface area contributed by atoms with Crippen LogP contribution in [0, 0.1) is 5.92 Å². The quantitative estimate of drug-likeness (QED) is 0.574. The highest BCUT2D eigenvalue weighted by Gasteiger charge is 2.37. The van der Waals surface area contributed by atoms with Crippen molar-refractivity contribution in [3.05, 3.63) is 0 Å². The van der Waals surface area contributed by atoms with Gasteiger partial charge in [-0.2, -0.15) is 13.2 Å². The summed E-state index contributed by atoms with van der Waals surface area (Å²) in [7, 11) is 0. The lowest BCUT2D eigenvalue weighted by Crippen LogP contribution is -2.41. The molecule has 94 valence electrons. The van der Waals surface area contributed by atoms with Crippen molar-refractivity contribution in [2.75, 3.05) is 19.6 Å². The second-order valence-corrected chi connectivity index (χ2v) is 3.83. The molecule has 4 nitrogen and oxygen atoms in total. The molecule has 0 aliphatic heterocycles. The Balaban J connectivity index is 1.97. The van der Waals surface area contributed by atoms with Gasteiger partial charge in [0, 0.05) is 25.6 Å². The molecule has 0 radical (unpaired) electrons. The van der Waals surface area contributed by atoms with Crippen LogP contribution in [0.3, 0.4) is 0 Å². The number of alkyl halides is 3. The van der Waals surface area contributed by atoms with Crippen molar-refractivity contribution in [3.8, 4) is 0 Å². The average molecular weight is 240 g/mol. The summed E-state index contributed by atoms with van der Waals surface area (Å²) in [5.41, 5.74) is 0. The van der Waals surface area contributed by atoms with Gasteiger partial charge in [0.2, 0.25) is 5.91 Å². The zero-order valence-corrected chi connectivity index (χ0v) is 8.68. The molecule has 0 aromatic carbocycles. The molecule has 0 spiro atoms. The Labute approximate surface area is 91.2 Å². The number of nitrogens with one attached hydrogen (secondary N) is 2. The molecule has 1 amide bonds. The second kappa shape index (κ2) is 5.49. The number of aliphatic hydroxyl groups is 1. The number of halogens is 3. The number of hydrogen-bond acceptors (Lipinski definition) is 3. The summed E-state index contributed by atoms with van der Waals surface area (Å²) in [6.07, 6.45) is -5.16. The average Bonchev–Trinajstić information content (AvgIpc) is 2.98. The van der Waals surface area contributed by atoms with Gasteiger partial charge in [-0.25, -0.2) is 0 Å². The molecular weight excluding hydrogens is 225 g/mol. The van der Waals surface area contributed by atoms with Crippen molar-refractivity contribution in [1.82, 2.24) is 10.6 Å². The van der Waals surface area contributed by atoms with Crippen molar-refractivity contribution >= 4 is 5.91 Å². The molecule has 3 N–H and O–H groups in total. The highest BCUT2D eigenvalue weighted by atomic mass is 19.4. The molecule has 0 heterocycles. The van der Waals surface area contributed by atoms with E-state index < -0.39 is 18.8 Å². The van der Waals surface area contributed by atoms with Gasteiger partial charge in [0.25, 0.3) is 0 Å². The lowest BCUT2D eigenvalue weighted by Gasteiger charge is -2.15. The van der Waals surface area contributed by atoms with E-state index in [4.69, 9.17) is 5.11 Å². The Hall–Kier alpha value is -0.820. The number of amides is 1. The van der Waals surface area contributed by atoms with Crippen molar-refractivity contribution in [2.45, 2.75) is 25.1 Å². The summed E-state index contributed by atoms with van der Waals surface area (Å²) in [6, 6.07) is 0. The third kappa shape index (κ3) is 4.80. The monoisotopic (exact) mass is 240 g/mol. The van der Waals surface area contributed by atoms with Crippen molar-refractivity contribution in [1.29, 1.82) is 0 Å². The number of hydrogen-bond donors (Lipinski definition) is 3. The minimum absolute atomic E-state index is 0.0434. The minimum Gasteiger partial charge on any atom is -0.382 e. The minimum atomic E-state index is -4.59. The normalized spacial score (nSPS) is 18.2. The Bertz CT molecular complexity index is 241. The van der Waals surface area contributed by atoms with E-state index in [1.165, 1.54) is 0 Å². The van der Waals surface area contributed by atoms with Crippen LogP contribution < -0.4 is 10.6 Å². The van der Waals surface area contributed by atoms with Gasteiger partial charge in [-0.1, -0.05) is 0 Å². The van der Waals surface area contributed by atoms with E-state index in [-0.39, 0.29) is 24.9 Å². The summed E-state index contributed by atoms with van der Waals surface area (Å²) in [5, 5.41) is 13.6. The van der Waals surface area contributed by atoms with Gasteiger partial charge in [0.05, 0.1) is 0 Å². The molecule has 1 aliphatic carbocycles. The lowest BCUT2D eigenvalue weighted by molar-refractivity contribution is -0.201. The third-order valence-electron chi connectivity index (χ3n) is 2.26. The molecule has 1 rings (SSSR count). The van der Waals surface area contributed by atoms with Crippen LogP contribution in [0.2, 0.25) is 0 Å². The SMILES string of the molecule is O=C(NCCNCC(O)C(F)(F)F)C1CC1. The first-order valence-electron chi connectivity index (χ1n) is 5.14. The van der Waals surface area contributed by atoms with Crippen LogP contribution in [-0.2, 0) is 4.79 Å². The first-order valence-corrected chi connectivity index (χ1v) is 5.14. The van der Waals surface area contributed by atoms with Crippen LogP contribution in [0.5, 0.6) is 0 Å². The van der Waals surface area contributed by atoms with Crippen molar-refractivity contribution in [2.24, 2.45) is 5.92 Å². The van der Waals surface area contributed by atoms with Gasteiger partial charge < -0.3 is 15.7 Å². The van der Waals surface area contributed by atoms with Crippen molar-refractivity contribution in [3.63, 3.8) is 0 Å². The van der Waals surface area contributed by atoms with Gasteiger partial charge in [-0.3, -0.25) is 4.79 Å². The molecule has 0 saturated heterocycles. The van der Waals surface area contributed by atoms with Gasteiger partial charge in [-0.05, 0) is 12.8 Å². The van der Waals surface area contributed by atoms with Crippen LogP contribution >= 0.6 is 0 Å². The van der Waals surface area contributed by atoms with Gasteiger partial charge in [0.15, 0.2) is 6.10 Å². The first-order chi connectivity index (χ1) is 7.41.